The van der Waals surface area contributed by atoms with E-state index in [0.717, 1.165) is 5.39 Å². The van der Waals surface area contributed by atoms with E-state index in [2.05, 4.69) is 0 Å². The van der Waals surface area contributed by atoms with Crippen molar-refractivity contribution in [1.82, 2.24) is 4.57 Å². The first-order valence-corrected chi connectivity index (χ1v) is 7.83. The monoisotopic (exact) mass is 348 g/mol. The molecule has 0 unspecified atom stereocenters. The summed E-state index contributed by atoms with van der Waals surface area (Å²) in [6.07, 6.45) is 0. The van der Waals surface area contributed by atoms with Gasteiger partial charge in [-0.05, 0) is 24.3 Å². The minimum Gasteiger partial charge on any atom is -0.453 e. The van der Waals surface area contributed by atoms with Gasteiger partial charge in [0, 0.05) is 29.0 Å². The lowest BCUT2D eigenvalue weighted by molar-refractivity contribution is -0.384. The highest BCUT2D eigenvalue weighted by atomic mass is 16.6. The van der Waals surface area contributed by atoms with Gasteiger partial charge in [-0.1, -0.05) is 18.2 Å². The van der Waals surface area contributed by atoms with E-state index >= 15 is 0 Å². The minimum absolute atomic E-state index is 0.0775. The maximum Gasteiger partial charge on any atom is 0.270 e. The Bertz CT molecular complexity index is 1200. The predicted molar refractivity (Wildman–Crippen MR) is 95.4 cm³/mol. The Kier molecular flexibility index (Phi) is 3.62. The molecule has 0 saturated heterocycles. The molecule has 0 aliphatic rings. The van der Waals surface area contributed by atoms with Gasteiger partial charge >= 0.3 is 0 Å². The third kappa shape index (κ3) is 2.65. The molecular weight excluding hydrogens is 336 g/mol. The fraction of sp³-hybridized carbons (Fsp3) is 0.0526. The number of nitro groups is 1. The standard InChI is InChI=1S/C19H12N2O5/c22-16(18-10-13-3-1-2-4-17(13)26-18)11-20-15-7-6-14(21(24)25)9-12(15)5-8-19(20)23/h1-10H,11H2. The van der Waals surface area contributed by atoms with Gasteiger partial charge < -0.3 is 8.98 Å². The van der Waals surface area contributed by atoms with E-state index in [0.29, 0.717) is 16.5 Å². The molecule has 2 aromatic heterocycles. The summed E-state index contributed by atoms with van der Waals surface area (Å²) < 4.78 is 6.84. The smallest absolute Gasteiger partial charge is 0.270 e. The number of aromatic nitrogens is 1. The second kappa shape index (κ2) is 5.96. The van der Waals surface area contributed by atoms with Gasteiger partial charge in [-0.15, -0.1) is 0 Å². The van der Waals surface area contributed by atoms with Crippen LogP contribution in [-0.2, 0) is 6.54 Å². The number of carbonyl (C=O) groups excluding carboxylic acids is 1. The molecule has 0 bridgehead atoms. The Hall–Kier alpha value is -3.74. The first-order valence-electron chi connectivity index (χ1n) is 7.83. The Morgan fingerprint density at radius 2 is 1.85 bits per heavy atom. The molecule has 0 fully saturated rings. The van der Waals surface area contributed by atoms with E-state index in [1.807, 2.05) is 18.2 Å². The van der Waals surface area contributed by atoms with Gasteiger partial charge in [0.1, 0.15) is 5.58 Å². The van der Waals surface area contributed by atoms with Crippen LogP contribution in [-0.4, -0.2) is 15.3 Å². The first kappa shape index (κ1) is 15.8. The molecule has 7 nitrogen and oxygen atoms in total. The maximum atomic E-state index is 12.6. The summed E-state index contributed by atoms with van der Waals surface area (Å²) in [6.45, 7) is -0.214. The van der Waals surface area contributed by atoms with E-state index in [-0.39, 0.29) is 29.3 Å². The Balaban J connectivity index is 1.76. The first-order chi connectivity index (χ1) is 12.5. The van der Waals surface area contributed by atoms with Crippen LogP contribution in [0.1, 0.15) is 10.6 Å². The zero-order valence-electron chi connectivity index (χ0n) is 13.4. The van der Waals surface area contributed by atoms with Crippen molar-refractivity contribution in [2.24, 2.45) is 0 Å². The highest BCUT2D eigenvalue weighted by Gasteiger charge is 2.16. The maximum absolute atomic E-state index is 12.6. The van der Waals surface area contributed by atoms with Gasteiger partial charge in [0.25, 0.3) is 11.2 Å². The summed E-state index contributed by atoms with van der Waals surface area (Å²) in [5, 5.41) is 12.2. The number of hydrogen-bond donors (Lipinski definition) is 0. The lowest BCUT2D eigenvalue weighted by Gasteiger charge is -2.08. The van der Waals surface area contributed by atoms with Crippen LogP contribution in [0, 0.1) is 10.1 Å². The number of ketones is 1. The Morgan fingerprint density at radius 3 is 2.62 bits per heavy atom. The average Bonchev–Trinajstić information content (AvgIpc) is 3.08. The quantitative estimate of drug-likeness (QED) is 0.319. The van der Waals surface area contributed by atoms with Gasteiger partial charge in [-0.3, -0.25) is 19.7 Å². The molecule has 2 heterocycles. The zero-order chi connectivity index (χ0) is 18.3. The van der Waals surface area contributed by atoms with Crippen molar-refractivity contribution in [2.75, 3.05) is 0 Å². The molecule has 0 amide bonds. The third-order valence-corrected chi connectivity index (χ3v) is 4.19. The number of carbonyl (C=O) groups is 1. The number of rotatable bonds is 4. The number of benzene rings is 2. The van der Waals surface area contributed by atoms with Gasteiger partial charge in [0.05, 0.1) is 17.0 Å². The lowest BCUT2D eigenvalue weighted by atomic mass is 10.2. The molecule has 4 aromatic rings. The Morgan fingerprint density at radius 1 is 1.04 bits per heavy atom. The van der Waals surface area contributed by atoms with Crippen molar-refractivity contribution in [1.29, 1.82) is 0 Å². The largest absolute Gasteiger partial charge is 0.453 e. The molecule has 2 aromatic carbocycles. The SMILES string of the molecule is O=C(Cn1c(=O)ccc2cc([N+](=O)[O-])ccc21)c1cc2ccccc2o1. The van der Waals surface area contributed by atoms with E-state index in [1.165, 1.54) is 34.9 Å². The summed E-state index contributed by atoms with van der Waals surface area (Å²) in [5.74, 6) is -0.189. The molecular formula is C19H12N2O5. The number of non-ortho nitro benzene ring substituents is 1. The summed E-state index contributed by atoms with van der Waals surface area (Å²) in [7, 11) is 0. The van der Waals surface area contributed by atoms with Crippen molar-refractivity contribution in [3.05, 3.63) is 86.9 Å². The van der Waals surface area contributed by atoms with E-state index in [1.54, 1.807) is 12.1 Å². The summed E-state index contributed by atoms with van der Waals surface area (Å²) >= 11 is 0. The van der Waals surface area contributed by atoms with E-state index in [4.69, 9.17) is 4.42 Å². The molecule has 0 aliphatic heterocycles. The second-order valence-electron chi connectivity index (χ2n) is 5.83. The highest BCUT2D eigenvalue weighted by molar-refractivity contribution is 5.98. The molecule has 0 saturated carbocycles. The summed E-state index contributed by atoms with van der Waals surface area (Å²) in [5.41, 5.74) is 0.603. The topological polar surface area (TPSA) is 95.3 Å². The number of nitrogens with zero attached hydrogens (tertiary/aromatic N) is 2. The van der Waals surface area contributed by atoms with Crippen molar-refractivity contribution in [2.45, 2.75) is 6.54 Å². The van der Waals surface area contributed by atoms with Crippen LogP contribution >= 0.6 is 0 Å². The second-order valence-corrected chi connectivity index (χ2v) is 5.83. The predicted octanol–water partition coefficient (Wildman–Crippen LogP) is 3.54. The fourth-order valence-electron chi connectivity index (χ4n) is 2.91. The highest BCUT2D eigenvalue weighted by Crippen LogP contribution is 2.22. The number of hydrogen-bond acceptors (Lipinski definition) is 5. The van der Waals surface area contributed by atoms with Crippen LogP contribution < -0.4 is 5.56 Å². The van der Waals surface area contributed by atoms with E-state index < -0.39 is 4.92 Å². The van der Waals surface area contributed by atoms with Crippen LogP contribution in [0.25, 0.3) is 21.9 Å². The molecule has 0 aliphatic carbocycles. The van der Waals surface area contributed by atoms with Gasteiger partial charge in [-0.25, -0.2) is 0 Å². The summed E-state index contributed by atoms with van der Waals surface area (Å²) in [4.78, 5) is 35.2. The zero-order valence-corrected chi connectivity index (χ0v) is 13.4. The number of fused-ring (bicyclic) bond motifs is 2. The van der Waals surface area contributed by atoms with Gasteiger partial charge in [0.15, 0.2) is 5.76 Å². The molecule has 0 atom stereocenters. The number of nitro benzene ring substituents is 1. The normalized spacial score (nSPS) is 11.1. The van der Waals surface area contributed by atoms with Crippen LogP contribution in [0.2, 0.25) is 0 Å². The minimum atomic E-state index is -0.506. The average molecular weight is 348 g/mol. The van der Waals surface area contributed by atoms with Crippen molar-refractivity contribution in [3.63, 3.8) is 0 Å². The van der Waals surface area contributed by atoms with Gasteiger partial charge in [-0.2, -0.15) is 0 Å². The fourth-order valence-corrected chi connectivity index (χ4v) is 2.91. The van der Waals surface area contributed by atoms with Crippen LogP contribution in [0.4, 0.5) is 5.69 Å². The molecule has 26 heavy (non-hydrogen) atoms. The third-order valence-electron chi connectivity index (χ3n) is 4.19. The number of pyridine rings is 1. The van der Waals surface area contributed by atoms with Crippen molar-refractivity contribution in [3.8, 4) is 0 Å². The van der Waals surface area contributed by atoms with Crippen LogP contribution in [0.3, 0.4) is 0 Å². The molecule has 0 radical (unpaired) electrons. The molecule has 128 valence electrons. The molecule has 7 heteroatoms. The summed E-state index contributed by atoms with van der Waals surface area (Å²) in [6, 6.07) is 15.8. The van der Waals surface area contributed by atoms with Gasteiger partial charge in [0.2, 0.25) is 5.78 Å². The van der Waals surface area contributed by atoms with E-state index in [9.17, 15) is 19.7 Å². The number of Topliss-reactive ketones (excluding diaryl/α,β-unsaturated/α-hetero) is 1. The molecule has 4 rings (SSSR count). The van der Waals surface area contributed by atoms with Crippen molar-refractivity contribution < 1.29 is 14.1 Å². The molecule has 0 spiro atoms. The van der Waals surface area contributed by atoms with Crippen molar-refractivity contribution >= 4 is 33.3 Å². The van der Waals surface area contributed by atoms with Crippen LogP contribution in [0.15, 0.2) is 69.9 Å². The number of furan rings is 1. The number of para-hydroxylation sites is 1. The lowest BCUT2D eigenvalue weighted by Crippen LogP contribution is -2.23. The molecule has 0 N–H and O–H groups in total. The van der Waals surface area contributed by atoms with Crippen LogP contribution in [0.5, 0.6) is 0 Å². The Labute approximate surface area is 146 Å².